The molecule has 4 nitrogen and oxygen atoms in total. The Hall–Kier alpha value is -1.32. The monoisotopic (exact) mass is 261 g/mol. The molecule has 0 aromatic carbocycles. The summed E-state index contributed by atoms with van der Waals surface area (Å²) in [7, 11) is 0. The van der Waals surface area contributed by atoms with Crippen molar-refractivity contribution < 1.29 is 4.79 Å². The van der Waals surface area contributed by atoms with Gasteiger partial charge in [0.15, 0.2) is 0 Å². The van der Waals surface area contributed by atoms with Gasteiger partial charge in [-0.2, -0.15) is 0 Å². The van der Waals surface area contributed by atoms with E-state index >= 15 is 0 Å². The quantitative estimate of drug-likeness (QED) is 0.777. The van der Waals surface area contributed by atoms with E-state index in [1.165, 1.54) is 12.1 Å². The van der Waals surface area contributed by atoms with E-state index in [0.29, 0.717) is 18.0 Å². The first-order valence-electron chi connectivity index (χ1n) is 7.48. The molecule has 104 valence electrons. The Kier molecular flexibility index (Phi) is 3.33. The van der Waals surface area contributed by atoms with Crippen LogP contribution in [0.3, 0.4) is 0 Å². The van der Waals surface area contributed by atoms with Crippen LogP contribution in [0.5, 0.6) is 0 Å². The van der Waals surface area contributed by atoms with Crippen LogP contribution in [0.2, 0.25) is 0 Å². The number of hydrogen-bond donors (Lipinski definition) is 0. The maximum Gasteiger partial charge on any atom is 0.226 e. The van der Waals surface area contributed by atoms with Gasteiger partial charge in [0.25, 0.3) is 0 Å². The summed E-state index contributed by atoms with van der Waals surface area (Å²) < 4.78 is 2.17. The van der Waals surface area contributed by atoms with Crippen LogP contribution in [0.1, 0.15) is 45.2 Å². The molecule has 1 saturated heterocycles. The molecule has 0 spiro atoms. The molecule has 3 atom stereocenters. The highest BCUT2D eigenvalue weighted by molar-refractivity contribution is 5.80. The highest BCUT2D eigenvalue weighted by Gasteiger charge is 2.34. The molecule has 0 saturated carbocycles. The number of aromatic nitrogens is 2. The van der Waals surface area contributed by atoms with E-state index in [0.717, 1.165) is 32.2 Å². The predicted molar refractivity (Wildman–Crippen MR) is 73.7 cm³/mol. The minimum absolute atomic E-state index is 0.159. The maximum atomic E-state index is 12.8. The van der Waals surface area contributed by atoms with E-state index < -0.39 is 0 Å². The van der Waals surface area contributed by atoms with E-state index in [1.807, 2.05) is 12.5 Å². The molecule has 0 bridgehead atoms. The molecule has 0 N–H and O–H groups in total. The summed E-state index contributed by atoms with van der Waals surface area (Å²) in [5.74, 6) is 0.527. The van der Waals surface area contributed by atoms with Crippen molar-refractivity contribution in [3.8, 4) is 0 Å². The van der Waals surface area contributed by atoms with Crippen LogP contribution in [-0.4, -0.2) is 32.4 Å². The second kappa shape index (κ2) is 4.99. The number of carbonyl (C=O) groups is 1. The van der Waals surface area contributed by atoms with Crippen molar-refractivity contribution in [2.24, 2.45) is 5.92 Å². The summed E-state index contributed by atoms with van der Waals surface area (Å²) in [5, 5.41) is 0. The van der Waals surface area contributed by atoms with Gasteiger partial charge in [-0.3, -0.25) is 4.79 Å². The Labute approximate surface area is 114 Å². The van der Waals surface area contributed by atoms with Crippen LogP contribution in [0.25, 0.3) is 0 Å². The molecule has 1 aromatic heterocycles. The van der Waals surface area contributed by atoms with E-state index in [1.54, 1.807) is 0 Å². The van der Waals surface area contributed by atoms with E-state index in [4.69, 9.17) is 0 Å². The first-order chi connectivity index (χ1) is 9.16. The number of rotatable bonds is 1. The molecule has 0 radical (unpaired) electrons. The number of nitrogens with zero attached hydrogens (tertiary/aromatic N) is 3. The van der Waals surface area contributed by atoms with Gasteiger partial charge in [-0.1, -0.05) is 0 Å². The molecule has 3 unspecified atom stereocenters. The van der Waals surface area contributed by atoms with E-state index in [9.17, 15) is 4.79 Å². The third kappa shape index (κ3) is 2.28. The van der Waals surface area contributed by atoms with Crippen LogP contribution in [-0.2, 0) is 17.8 Å². The molecule has 2 aliphatic heterocycles. The lowest BCUT2D eigenvalue weighted by Crippen LogP contribution is -2.50. The smallest absolute Gasteiger partial charge is 0.226 e. The zero-order valence-corrected chi connectivity index (χ0v) is 11.9. The number of fused-ring (bicyclic) bond motifs is 1. The average molecular weight is 261 g/mol. The molecular weight excluding hydrogens is 238 g/mol. The number of aryl methyl sites for hydroxylation is 1. The Bertz CT molecular complexity index is 458. The van der Waals surface area contributed by atoms with Gasteiger partial charge in [-0.15, -0.1) is 0 Å². The summed E-state index contributed by atoms with van der Waals surface area (Å²) in [4.78, 5) is 19.1. The fourth-order valence-electron chi connectivity index (χ4n) is 3.65. The predicted octanol–water partition coefficient (Wildman–Crippen LogP) is 2.24. The lowest BCUT2D eigenvalue weighted by Gasteiger charge is -2.41. The number of carbonyl (C=O) groups excluding carboxylic acids is 1. The minimum atomic E-state index is 0.159. The molecule has 0 aliphatic carbocycles. The van der Waals surface area contributed by atoms with Crippen LogP contribution < -0.4 is 0 Å². The van der Waals surface area contributed by atoms with Crippen molar-refractivity contribution in [1.29, 1.82) is 0 Å². The number of likely N-dealkylation sites (tertiary alicyclic amines) is 1. The minimum Gasteiger partial charge on any atom is -0.337 e. The summed E-state index contributed by atoms with van der Waals surface area (Å²) in [5.41, 5.74) is 1.21. The third-order valence-electron chi connectivity index (χ3n) is 4.77. The normalized spacial score (nSPS) is 31.1. The number of hydrogen-bond acceptors (Lipinski definition) is 2. The van der Waals surface area contributed by atoms with Gasteiger partial charge in [-0.05, 0) is 39.5 Å². The molecule has 3 heterocycles. The van der Waals surface area contributed by atoms with Gasteiger partial charge in [-0.25, -0.2) is 4.98 Å². The first-order valence-corrected chi connectivity index (χ1v) is 7.48. The first kappa shape index (κ1) is 12.7. The van der Waals surface area contributed by atoms with Gasteiger partial charge >= 0.3 is 0 Å². The van der Waals surface area contributed by atoms with Gasteiger partial charge in [0.05, 0.1) is 6.33 Å². The van der Waals surface area contributed by atoms with Crippen LogP contribution in [0.4, 0.5) is 0 Å². The van der Waals surface area contributed by atoms with Gasteiger partial charge < -0.3 is 9.47 Å². The molecule has 3 rings (SSSR count). The van der Waals surface area contributed by atoms with Gasteiger partial charge in [0, 0.05) is 42.9 Å². The van der Waals surface area contributed by atoms with Crippen LogP contribution in [0.15, 0.2) is 12.5 Å². The molecular formula is C15H23N3O. The Morgan fingerprint density at radius 2 is 2.00 bits per heavy atom. The number of amides is 1. The van der Waals surface area contributed by atoms with E-state index in [2.05, 4.69) is 28.3 Å². The summed E-state index contributed by atoms with van der Waals surface area (Å²) in [6.45, 7) is 5.32. The van der Waals surface area contributed by atoms with Crippen molar-refractivity contribution in [1.82, 2.24) is 14.5 Å². The largest absolute Gasteiger partial charge is 0.337 e. The summed E-state index contributed by atoms with van der Waals surface area (Å²) >= 11 is 0. The van der Waals surface area contributed by atoms with Crippen molar-refractivity contribution in [3.63, 3.8) is 0 Å². The maximum absolute atomic E-state index is 12.8. The van der Waals surface area contributed by atoms with Crippen molar-refractivity contribution >= 4 is 5.91 Å². The number of piperidine rings is 1. The highest BCUT2D eigenvalue weighted by Crippen LogP contribution is 2.28. The summed E-state index contributed by atoms with van der Waals surface area (Å²) in [6.07, 6.45) is 9.16. The lowest BCUT2D eigenvalue weighted by molar-refractivity contribution is -0.142. The third-order valence-corrected chi connectivity index (χ3v) is 4.77. The topological polar surface area (TPSA) is 38.1 Å². The van der Waals surface area contributed by atoms with Crippen molar-refractivity contribution in [2.45, 2.75) is 64.6 Å². The zero-order valence-electron chi connectivity index (χ0n) is 11.9. The average Bonchev–Trinajstić information content (AvgIpc) is 2.85. The Balaban J connectivity index is 1.74. The SMILES string of the molecule is CC1CCCC(C)N1C(=O)C1CCn2cncc2C1. The number of imidazole rings is 1. The Morgan fingerprint density at radius 3 is 2.74 bits per heavy atom. The van der Waals surface area contributed by atoms with Crippen molar-refractivity contribution in [3.05, 3.63) is 18.2 Å². The second-order valence-electron chi connectivity index (χ2n) is 6.14. The van der Waals surface area contributed by atoms with Gasteiger partial charge in [0.1, 0.15) is 0 Å². The Morgan fingerprint density at radius 1 is 1.26 bits per heavy atom. The molecule has 4 heteroatoms. The fourth-order valence-corrected chi connectivity index (χ4v) is 3.65. The van der Waals surface area contributed by atoms with Gasteiger partial charge in [0.2, 0.25) is 5.91 Å². The second-order valence-corrected chi connectivity index (χ2v) is 6.14. The molecule has 1 aromatic rings. The zero-order chi connectivity index (χ0) is 13.4. The molecule has 1 amide bonds. The van der Waals surface area contributed by atoms with E-state index in [-0.39, 0.29) is 5.92 Å². The lowest BCUT2D eigenvalue weighted by atomic mass is 9.90. The van der Waals surface area contributed by atoms with Crippen LogP contribution >= 0.6 is 0 Å². The standard InChI is InChI=1S/C15H23N3O/c1-11-4-3-5-12(2)18(11)15(19)13-6-7-17-10-16-9-14(17)8-13/h9-13H,3-8H2,1-2H3. The fraction of sp³-hybridized carbons (Fsp3) is 0.733. The van der Waals surface area contributed by atoms with Crippen molar-refractivity contribution in [2.75, 3.05) is 0 Å². The van der Waals surface area contributed by atoms with Crippen LogP contribution in [0, 0.1) is 5.92 Å². The molecule has 19 heavy (non-hydrogen) atoms. The highest BCUT2D eigenvalue weighted by atomic mass is 16.2. The molecule has 1 fully saturated rings. The summed E-state index contributed by atoms with van der Waals surface area (Å²) in [6, 6.07) is 0.811. The molecule has 2 aliphatic rings.